The molecule has 30 heavy (non-hydrogen) atoms. The van der Waals surface area contributed by atoms with E-state index in [0.717, 1.165) is 62.9 Å². The van der Waals surface area contributed by atoms with E-state index in [0.29, 0.717) is 13.4 Å². The van der Waals surface area contributed by atoms with Crippen molar-refractivity contribution in [3.63, 3.8) is 0 Å². The molecule has 6 nitrogen and oxygen atoms in total. The first kappa shape index (κ1) is 19.7. The molecule has 2 aromatic rings. The van der Waals surface area contributed by atoms with Crippen molar-refractivity contribution < 1.29 is 29.1 Å². The first-order chi connectivity index (χ1) is 14.7. The van der Waals surface area contributed by atoms with E-state index in [2.05, 4.69) is 24.3 Å². The van der Waals surface area contributed by atoms with Gasteiger partial charge in [0.15, 0.2) is 11.5 Å². The standard InChI is InChI=1S/C24H30N2O4/c27-21(16-28-22-6-5-19-2-1-3-20(19)13-22)15-26-10-8-25(9-11-26)14-18-4-7-23-24(12-18)30-17-29-23/h4-7,12-13,21,27H,1-3,8-11,14-17H2/p+2/t21-/m0/s1. The van der Waals surface area contributed by atoms with Gasteiger partial charge in [-0.1, -0.05) is 6.07 Å². The van der Waals surface area contributed by atoms with Crippen LogP contribution in [0.2, 0.25) is 0 Å². The molecule has 1 fully saturated rings. The first-order valence-electron chi connectivity index (χ1n) is 11.2. The van der Waals surface area contributed by atoms with E-state index in [-0.39, 0.29) is 0 Å². The van der Waals surface area contributed by atoms with Crippen molar-refractivity contribution in [3.8, 4) is 17.2 Å². The van der Waals surface area contributed by atoms with Crippen LogP contribution in [0.3, 0.4) is 0 Å². The molecule has 2 heterocycles. The highest BCUT2D eigenvalue weighted by molar-refractivity contribution is 5.44. The molecule has 1 aliphatic carbocycles. The normalized spacial score (nSPS) is 23.2. The van der Waals surface area contributed by atoms with E-state index < -0.39 is 6.10 Å². The van der Waals surface area contributed by atoms with Gasteiger partial charge < -0.3 is 29.1 Å². The zero-order chi connectivity index (χ0) is 20.3. The average molecular weight is 413 g/mol. The van der Waals surface area contributed by atoms with E-state index in [1.165, 1.54) is 34.4 Å². The fraction of sp³-hybridized carbons (Fsp3) is 0.500. The topological polar surface area (TPSA) is 56.8 Å². The molecule has 5 rings (SSSR count). The largest absolute Gasteiger partial charge is 0.491 e. The second-order valence-electron chi connectivity index (χ2n) is 8.82. The molecule has 0 unspecified atom stereocenters. The zero-order valence-electron chi connectivity index (χ0n) is 17.5. The molecule has 2 aromatic carbocycles. The van der Waals surface area contributed by atoms with Crippen LogP contribution in [0.1, 0.15) is 23.1 Å². The molecule has 0 aromatic heterocycles. The van der Waals surface area contributed by atoms with Gasteiger partial charge in [-0.15, -0.1) is 0 Å². The Morgan fingerprint density at radius 2 is 1.70 bits per heavy atom. The van der Waals surface area contributed by atoms with Crippen LogP contribution in [0, 0.1) is 0 Å². The number of piperazine rings is 1. The molecule has 0 amide bonds. The predicted molar refractivity (Wildman–Crippen MR) is 112 cm³/mol. The van der Waals surface area contributed by atoms with E-state index in [1.807, 2.05) is 12.1 Å². The van der Waals surface area contributed by atoms with Gasteiger partial charge in [0.05, 0.1) is 0 Å². The number of hydrogen-bond donors (Lipinski definition) is 3. The smallest absolute Gasteiger partial charge is 0.231 e. The van der Waals surface area contributed by atoms with Gasteiger partial charge in [0.1, 0.15) is 57.7 Å². The number of aliphatic hydroxyl groups is 1. The van der Waals surface area contributed by atoms with Crippen molar-refractivity contribution in [2.45, 2.75) is 31.9 Å². The van der Waals surface area contributed by atoms with Crippen molar-refractivity contribution in [1.29, 1.82) is 0 Å². The Bertz CT molecular complexity index is 880. The van der Waals surface area contributed by atoms with Crippen molar-refractivity contribution in [3.05, 3.63) is 53.1 Å². The van der Waals surface area contributed by atoms with Crippen LogP contribution in [0.4, 0.5) is 0 Å². The van der Waals surface area contributed by atoms with Crippen LogP contribution >= 0.6 is 0 Å². The summed E-state index contributed by atoms with van der Waals surface area (Å²) in [5.74, 6) is 2.60. The lowest BCUT2D eigenvalue weighted by molar-refractivity contribution is -1.02. The first-order valence-corrected chi connectivity index (χ1v) is 11.2. The van der Waals surface area contributed by atoms with Gasteiger partial charge in [0, 0.05) is 5.56 Å². The molecular weight excluding hydrogens is 380 g/mol. The minimum atomic E-state index is -0.427. The summed E-state index contributed by atoms with van der Waals surface area (Å²) in [4.78, 5) is 3.05. The van der Waals surface area contributed by atoms with E-state index in [9.17, 15) is 5.11 Å². The number of hydrogen-bond acceptors (Lipinski definition) is 4. The summed E-state index contributed by atoms with van der Waals surface area (Å²) in [6.07, 6.45) is 3.15. The minimum absolute atomic E-state index is 0.326. The Hall–Kier alpha value is -2.28. The highest BCUT2D eigenvalue weighted by Crippen LogP contribution is 2.32. The Labute approximate surface area is 178 Å². The molecule has 6 heteroatoms. The fourth-order valence-corrected chi connectivity index (χ4v) is 4.90. The number of rotatable bonds is 7. The van der Waals surface area contributed by atoms with Crippen molar-refractivity contribution >= 4 is 0 Å². The highest BCUT2D eigenvalue weighted by atomic mass is 16.7. The third kappa shape index (κ3) is 4.56. The molecule has 0 saturated carbocycles. The van der Waals surface area contributed by atoms with Crippen LogP contribution in [0.25, 0.3) is 0 Å². The maximum atomic E-state index is 10.5. The van der Waals surface area contributed by atoms with Crippen LogP contribution in [0.15, 0.2) is 36.4 Å². The molecule has 160 valence electrons. The number of benzene rings is 2. The lowest BCUT2D eigenvalue weighted by atomic mass is 10.1. The molecular formula is C24H32N2O4+2. The lowest BCUT2D eigenvalue weighted by Gasteiger charge is -2.30. The maximum absolute atomic E-state index is 10.5. The molecule has 3 aliphatic rings. The average Bonchev–Trinajstić information content (AvgIpc) is 3.42. The van der Waals surface area contributed by atoms with Crippen LogP contribution < -0.4 is 24.0 Å². The summed E-state index contributed by atoms with van der Waals surface area (Å²) in [6, 6.07) is 12.6. The summed E-state index contributed by atoms with van der Waals surface area (Å²) < 4.78 is 16.8. The monoisotopic (exact) mass is 412 g/mol. The minimum Gasteiger partial charge on any atom is -0.491 e. The zero-order valence-corrected chi connectivity index (χ0v) is 17.5. The van der Waals surface area contributed by atoms with Crippen LogP contribution in [-0.2, 0) is 19.4 Å². The van der Waals surface area contributed by atoms with Crippen LogP contribution in [-0.4, -0.2) is 57.3 Å². The maximum Gasteiger partial charge on any atom is 0.231 e. The lowest BCUT2D eigenvalue weighted by Crippen LogP contribution is -3.28. The number of quaternary nitrogens is 2. The number of aryl methyl sites for hydroxylation is 2. The Kier molecular flexibility index (Phi) is 5.79. The van der Waals surface area contributed by atoms with Gasteiger partial charge in [-0.2, -0.15) is 0 Å². The second kappa shape index (κ2) is 8.84. The molecule has 2 aliphatic heterocycles. The Balaban J connectivity index is 1.04. The highest BCUT2D eigenvalue weighted by Gasteiger charge is 2.26. The third-order valence-electron chi connectivity index (χ3n) is 6.59. The molecule has 0 bridgehead atoms. The number of nitrogens with one attached hydrogen (secondary N) is 2. The second-order valence-corrected chi connectivity index (χ2v) is 8.82. The molecule has 3 N–H and O–H groups in total. The number of aliphatic hydroxyl groups excluding tert-OH is 1. The molecule has 0 spiro atoms. The summed E-state index contributed by atoms with van der Waals surface area (Å²) in [5, 5.41) is 10.5. The molecule has 0 radical (unpaired) electrons. The van der Waals surface area contributed by atoms with Gasteiger partial charge in [-0.05, 0) is 60.7 Å². The van der Waals surface area contributed by atoms with Gasteiger partial charge in [-0.3, -0.25) is 0 Å². The van der Waals surface area contributed by atoms with Crippen molar-refractivity contribution in [1.82, 2.24) is 0 Å². The van der Waals surface area contributed by atoms with Gasteiger partial charge in [0.2, 0.25) is 6.79 Å². The van der Waals surface area contributed by atoms with Crippen molar-refractivity contribution in [2.24, 2.45) is 0 Å². The van der Waals surface area contributed by atoms with Gasteiger partial charge in [-0.25, -0.2) is 0 Å². The van der Waals surface area contributed by atoms with E-state index in [4.69, 9.17) is 14.2 Å². The van der Waals surface area contributed by atoms with E-state index in [1.54, 1.807) is 4.90 Å². The van der Waals surface area contributed by atoms with E-state index >= 15 is 0 Å². The molecule has 1 atom stereocenters. The number of fused-ring (bicyclic) bond motifs is 2. The summed E-state index contributed by atoms with van der Waals surface area (Å²) in [7, 11) is 0. The fourth-order valence-electron chi connectivity index (χ4n) is 4.90. The Morgan fingerprint density at radius 3 is 2.60 bits per heavy atom. The third-order valence-corrected chi connectivity index (χ3v) is 6.59. The summed E-state index contributed by atoms with van der Waals surface area (Å²) in [6.45, 7) is 6.84. The van der Waals surface area contributed by atoms with Crippen LogP contribution in [0.5, 0.6) is 17.2 Å². The van der Waals surface area contributed by atoms with Crippen molar-refractivity contribution in [2.75, 3.05) is 46.1 Å². The number of ether oxygens (including phenoxy) is 3. The Morgan fingerprint density at radius 1 is 0.900 bits per heavy atom. The quantitative estimate of drug-likeness (QED) is 0.581. The summed E-state index contributed by atoms with van der Waals surface area (Å²) >= 11 is 0. The predicted octanol–water partition coefficient (Wildman–Crippen LogP) is -0.373. The van der Waals surface area contributed by atoms with Gasteiger partial charge in [0.25, 0.3) is 0 Å². The molecule has 1 saturated heterocycles. The van der Waals surface area contributed by atoms with Gasteiger partial charge >= 0.3 is 0 Å². The SMILES string of the molecule is O[C@H](COc1ccc2c(c1)CCC2)C[NH+]1CC[NH+](Cc2ccc3c(c2)OCO3)CC1. The summed E-state index contributed by atoms with van der Waals surface area (Å²) in [5.41, 5.74) is 4.16.